The fourth-order valence-corrected chi connectivity index (χ4v) is 1.71. The minimum Gasteiger partial charge on any atom is -0.444 e. The van der Waals surface area contributed by atoms with Crippen LogP contribution in [0.5, 0.6) is 0 Å². The van der Waals surface area contributed by atoms with Crippen LogP contribution in [0.1, 0.15) is 10.4 Å². The van der Waals surface area contributed by atoms with Crippen LogP contribution in [0.2, 0.25) is 0 Å². The summed E-state index contributed by atoms with van der Waals surface area (Å²) in [5, 5.41) is 0. The maximum Gasteiger partial charge on any atom is 1.00 e. The zero-order valence-corrected chi connectivity index (χ0v) is 11.1. The standard InChI is InChI=1S/C6H7BF3S.K/c1-4-3-6(7(8,9)10)11-5(4)2;/h3H,1-2H3;/q-1;+1. The predicted molar refractivity (Wildman–Crippen MR) is 42.5 cm³/mol. The summed E-state index contributed by atoms with van der Waals surface area (Å²) in [6.45, 7) is -1.39. The summed E-state index contributed by atoms with van der Waals surface area (Å²) in [5.74, 6) is 0. The van der Waals surface area contributed by atoms with E-state index in [1.807, 2.05) is 0 Å². The fourth-order valence-electron chi connectivity index (χ4n) is 0.763. The molecule has 0 aromatic carbocycles. The Bertz CT molecular complexity index is 249. The average Bonchev–Trinajstić information content (AvgIpc) is 2.11. The van der Waals surface area contributed by atoms with Crippen molar-refractivity contribution in [2.24, 2.45) is 0 Å². The van der Waals surface area contributed by atoms with Crippen LogP contribution in [0.3, 0.4) is 0 Å². The number of hydrogen-bond acceptors (Lipinski definition) is 1. The number of aryl methyl sites for hydroxylation is 2. The fraction of sp³-hybridized carbons (Fsp3) is 0.333. The maximum atomic E-state index is 12.1. The third kappa shape index (κ3) is 3.16. The van der Waals surface area contributed by atoms with Gasteiger partial charge in [-0.1, -0.05) is 10.8 Å². The van der Waals surface area contributed by atoms with E-state index in [0.717, 1.165) is 21.8 Å². The van der Waals surface area contributed by atoms with Gasteiger partial charge in [0, 0.05) is 4.88 Å². The van der Waals surface area contributed by atoms with Crippen LogP contribution in [0.25, 0.3) is 0 Å². The smallest absolute Gasteiger partial charge is 0.444 e. The molecule has 0 radical (unpaired) electrons. The SMILES string of the molecule is Cc1cc([B-](F)(F)F)sc1C.[K+]. The van der Waals surface area contributed by atoms with Crippen LogP contribution in [0, 0.1) is 13.8 Å². The van der Waals surface area contributed by atoms with E-state index >= 15 is 0 Å². The molecule has 1 heterocycles. The largest absolute Gasteiger partial charge is 1.00 e. The molecule has 0 aliphatic carbocycles. The van der Waals surface area contributed by atoms with Crippen molar-refractivity contribution >= 4 is 23.1 Å². The second-order valence-corrected chi connectivity index (χ2v) is 3.75. The van der Waals surface area contributed by atoms with Crippen LogP contribution in [0.4, 0.5) is 12.9 Å². The van der Waals surface area contributed by atoms with Gasteiger partial charge in [0.2, 0.25) is 0 Å². The van der Waals surface area contributed by atoms with Gasteiger partial charge >= 0.3 is 58.4 Å². The molecule has 0 nitrogen and oxygen atoms in total. The summed E-state index contributed by atoms with van der Waals surface area (Å²) >= 11 is 0.824. The van der Waals surface area contributed by atoms with Crippen molar-refractivity contribution in [1.82, 2.24) is 0 Å². The Hall–Kier alpha value is 1.19. The normalized spacial score (nSPS) is 11.1. The van der Waals surface area contributed by atoms with Crippen molar-refractivity contribution in [2.75, 3.05) is 0 Å². The minimum atomic E-state index is -4.78. The van der Waals surface area contributed by atoms with E-state index < -0.39 is 11.8 Å². The van der Waals surface area contributed by atoms with Gasteiger partial charge in [0.25, 0.3) is 0 Å². The molecule has 0 aliphatic rings. The van der Waals surface area contributed by atoms with E-state index in [0.29, 0.717) is 0 Å². The molecule has 1 aromatic heterocycles. The summed E-state index contributed by atoms with van der Waals surface area (Å²) < 4.78 is 35.7. The Balaban J connectivity index is 0.00000121. The van der Waals surface area contributed by atoms with Crippen molar-refractivity contribution < 1.29 is 64.3 Å². The van der Waals surface area contributed by atoms with Gasteiger partial charge in [-0.05, 0) is 19.4 Å². The molecule has 0 aliphatic heterocycles. The molecule has 12 heavy (non-hydrogen) atoms. The maximum absolute atomic E-state index is 12.1. The van der Waals surface area contributed by atoms with Crippen molar-refractivity contribution in [3.8, 4) is 0 Å². The second kappa shape index (κ2) is 4.61. The Morgan fingerprint density at radius 2 is 1.75 bits per heavy atom. The molecule has 62 valence electrons. The summed E-state index contributed by atoms with van der Waals surface area (Å²) in [4.78, 5) is 0.749. The van der Waals surface area contributed by atoms with Gasteiger partial charge in [-0.2, -0.15) is 11.3 Å². The molecule has 0 saturated carbocycles. The number of hydrogen-bond donors (Lipinski definition) is 0. The topological polar surface area (TPSA) is 0 Å². The summed E-state index contributed by atoms with van der Waals surface area (Å²) in [5.41, 5.74) is 0.726. The van der Waals surface area contributed by atoms with Crippen LogP contribution >= 0.6 is 11.3 Å². The first kappa shape index (κ1) is 13.2. The molecule has 0 spiro atoms. The summed E-state index contributed by atoms with van der Waals surface area (Å²) in [6, 6.07) is 1.21. The monoisotopic (exact) mass is 218 g/mol. The van der Waals surface area contributed by atoms with E-state index in [9.17, 15) is 12.9 Å². The first-order chi connectivity index (χ1) is 4.91. The van der Waals surface area contributed by atoms with Crippen molar-refractivity contribution in [1.29, 1.82) is 0 Å². The van der Waals surface area contributed by atoms with Crippen molar-refractivity contribution in [3.05, 3.63) is 16.5 Å². The Kier molecular flexibility index (Phi) is 5.07. The first-order valence-corrected chi connectivity index (χ1v) is 4.00. The second-order valence-electron chi connectivity index (χ2n) is 2.46. The predicted octanol–water partition coefficient (Wildman–Crippen LogP) is -0.577. The van der Waals surface area contributed by atoms with Gasteiger partial charge in [0.05, 0.1) is 0 Å². The molecule has 0 fully saturated rings. The van der Waals surface area contributed by atoms with Gasteiger partial charge in [-0.3, -0.25) is 0 Å². The molecule has 0 N–H and O–H groups in total. The van der Waals surface area contributed by atoms with Crippen molar-refractivity contribution in [3.63, 3.8) is 0 Å². The minimum absolute atomic E-state index is 0. The quantitative estimate of drug-likeness (QED) is 0.553. The van der Waals surface area contributed by atoms with E-state index in [1.165, 1.54) is 6.07 Å². The van der Waals surface area contributed by atoms with Gasteiger partial charge in [-0.25, -0.2) is 0 Å². The zero-order chi connectivity index (χ0) is 8.65. The molecule has 0 bridgehead atoms. The van der Waals surface area contributed by atoms with E-state index in [-0.39, 0.29) is 51.4 Å². The third-order valence-corrected chi connectivity index (χ3v) is 2.76. The Morgan fingerprint density at radius 1 is 1.25 bits per heavy atom. The zero-order valence-electron chi connectivity index (χ0n) is 7.20. The van der Waals surface area contributed by atoms with E-state index in [1.54, 1.807) is 13.8 Å². The molecule has 6 heteroatoms. The van der Waals surface area contributed by atoms with Crippen molar-refractivity contribution in [2.45, 2.75) is 13.8 Å². The molecule has 0 saturated heterocycles. The first-order valence-electron chi connectivity index (χ1n) is 3.18. The molecule has 1 rings (SSSR count). The Morgan fingerprint density at radius 3 is 1.92 bits per heavy atom. The Labute approximate surface area is 116 Å². The molecular weight excluding hydrogens is 211 g/mol. The van der Waals surface area contributed by atoms with Gasteiger partial charge < -0.3 is 12.9 Å². The van der Waals surface area contributed by atoms with Gasteiger partial charge in [0.1, 0.15) is 0 Å². The van der Waals surface area contributed by atoms with Crippen LogP contribution in [-0.4, -0.2) is 6.98 Å². The summed E-state index contributed by atoms with van der Waals surface area (Å²) in [6.07, 6.45) is 0. The van der Waals surface area contributed by atoms with Crippen LogP contribution < -0.4 is 56.2 Å². The van der Waals surface area contributed by atoms with E-state index in [4.69, 9.17) is 0 Å². The molecule has 0 atom stereocenters. The van der Waals surface area contributed by atoms with Crippen LogP contribution in [-0.2, 0) is 0 Å². The number of rotatable bonds is 1. The summed E-state index contributed by atoms with van der Waals surface area (Å²) in [7, 11) is 0. The molecular formula is C6H7BF3KS. The molecule has 1 aromatic rings. The number of thiophene rings is 1. The number of halogens is 3. The van der Waals surface area contributed by atoms with E-state index in [2.05, 4.69) is 0 Å². The van der Waals surface area contributed by atoms with Gasteiger partial charge in [-0.15, -0.1) is 0 Å². The molecule has 0 unspecified atom stereocenters. The van der Waals surface area contributed by atoms with Crippen LogP contribution in [0.15, 0.2) is 6.07 Å². The van der Waals surface area contributed by atoms with Gasteiger partial charge in [0.15, 0.2) is 0 Å². The molecule has 0 amide bonds. The third-order valence-electron chi connectivity index (χ3n) is 1.51. The average molecular weight is 218 g/mol.